The molecule has 0 aromatic carbocycles. The van der Waals surface area contributed by atoms with E-state index in [0.29, 0.717) is 19.0 Å². The van der Waals surface area contributed by atoms with Crippen LogP contribution in [0.2, 0.25) is 0 Å². The Morgan fingerprint density at radius 2 is 1.68 bits per heavy atom. The van der Waals surface area contributed by atoms with E-state index in [9.17, 15) is 9.59 Å². The normalized spacial score (nSPS) is 12.1. The van der Waals surface area contributed by atoms with Crippen LogP contribution in [0.25, 0.3) is 0 Å². The molecule has 0 rings (SSSR count). The maximum atomic E-state index is 11.9. The number of hydrogen-bond acceptors (Lipinski definition) is 3. The van der Waals surface area contributed by atoms with Gasteiger partial charge in [-0.25, -0.2) is 0 Å². The molecule has 0 radical (unpaired) electrons. The fraction of sp³-hybridized carbons (Fsp3) is 0.800. The monoisotopic (exact) mass is 313 g/mol. The first kappa shape index (κ1) is 20.2. The molecular formula is C15H31N5O2. The van der Waals surface area contributed by atoms with Crippen LogP contribution < -0.4 is 16.0 Å². The largest absolute Gasteiger partial charge is 0.354 e. The van der Waals surface area contributed by atoms with Crippen LogP contribution in [-0.4, -0.2) is 61.9 Å². The fourth-order valence-corrected chi connectivity index (χ4v) is 1.70. The number of carbonyl (C=O) groups excluding carboxylic acids is 2. The van der Waals surface area contributed by atoms with Gasteiger partial charge in [0.15, 0.2) is 5.96 Å². The van der Waals surface area contributed by atoms with Crippen molar-refractivity contribution in [2.45, 2.75) is 40.2 Å². The molecule has 0 saturated carbocycles. The molecule has 0 unspecified atom stereocenters. The van der Waals surface area contributed by atoms with E-state index in [1.807, 2.05) is 34.6 Å². The Balaban J connectivity index is 4.19. The van der Waals surface area contributed by atoms with Crippen LogP contribution >= 0.6 is 0 Å². The van der Waals surface area contributed by atoms with E-state index in [1.54, 1.807) is 19.0 Å². The van der Waals surface area contributed by atoms with Gasteiger partial charge in [0.2, 0.25) is 11.8 Å². The third-order valence-corrected chi connectivity index (χ3v) is 2.70. The molecule has 0 heterocycles. The smallest absolute Gasteiger partial charge is 0.240 e. The molecule has 0 spiro atoms. The quantitative estimate of drug-likeness (QED) is 0.371. The Morgan fingerprint density at radius 3 is 2.14 bits per heavy atom. The predicted octanol–water partition coefficient (Wildman–Crippen LogP) is 0.181. The zero-order valence-corrected chi connectivity index (χ0v) is 14.9. The maximum absolute atomic E-state index is 11.9. The fourth-order valence-electron chi connectivity index (χ4n) is 1.70. The van der Waals surface area contributed by atoms with E-state index in [4.69, 9.17) is 0 Å². The molecule has 0 fully saturated rings. The lowest BCUT2D eigenvalue weighted by atomic mass is 10.1. The zero-order valence-electron chi connectivity index (χ0n) is 14.9. The average molecular weight is 313 g/mol. The van der Waals surface area contributed by atoms with Gasteiger partial charge in [-0.3, -0.25) is 14.6 Å². The Kier molecular flexibility index (Phi) is 8.52. The summed E-state index contributed by atoms with van der Waals surface area (Å²) in [6, 6.07) is 0. The molecule has 128 valence electrons. The molecule has 2 amide bonds. The Labute approximate surface area is 133 Å². The summed E-state index contributed by atoms with van der Waals surface area (Å²) in [4.78, 5) is 29.2. The average Bonchev–Trinajstić information content (AvgIpc) is 2.35. The number of aliphatic imine (C=N–C) groups is 1. The standard InChI is InChI=1S/C15H31N5O2/c1-11(2)13(22)17-8-9-18-14(16-6)20(7)10-12(21)19-15(3,4)5/h11H,8-10H2,1-7H3,(H,16,18)(H,17,22)(H,19,21). The molecule has 0 aromatic heterocycles. The molecule has 0 aliphatic heterocycles. The van der Waals surface area contributed by atoms with Crippen molar-refractivity contribution in [3.63, 3.8) is 0 Å². The topological polar surface area (TPSA) is 85.8 Å². The second-order valence-corrected chi connectivity index (χ2v) is 6.57. The minimum Gasteiger partial charge on any atom is -0.354 e. The number of nitrogens with zero attached hydrogens (tertiary/aromatic N) is 2. The lowest BCUT2D eigenvalue weighted by molar-refractivity contribution is -0.124. The molecule has 7 heteroatoms. The number of amides is 2. The number of nitrogens with one attached hydrogen (secondary N) is 3. The predicted molar refractivity (Wildman–Crippen MR) is 89.7 cm³/mol. The molecule has 0 saturated heterocycles. The van der Waals surface area contributed by atoms with Gasteiger partial charge in [-0.2, -0.15) is 0 Å². The number of guanidine groups is 1. The Bertz CT molecular complexity index is 399. The van der Waals surface area contributed by atoms with Gasteiger partial charge in [0, 0.05) is 38.6 Å². The molecule has 0 atom stereocenters. The zero-order chi connectivity index (χ0) is 17.3. The van der Waals surface area contributed by atoms with Gasteiger partial charge < -0.3 is 20.9 Å². The molecule has 0 aliphatic carbocycles. The molecule has 0 aromatic rings. The highest BCUT2D eigenvalue weighted by Gasteiger charge is 2.16. The van der Waals surface area contributed by atoms with E-state index in [2.05, 4.69) is 20.9 Å². The van der Waals surface area contributed by atoms with Gasteiger partial charge in [0.25, 0.3) is 0 Å². The minimum atomic E-state index is -0.254. The molecule has 0 aliphatic rings. The second kappa shape index (κ2) is 9.27. The number of hydrogen-bond donors (Lipinski definition) is 3. The summed E-state index contributed by atoms with van der Waals surface area (Å²) in [5, 5.41) is 8.83. The highest BCUT2D eigenvalue weighted by Crippen LogP contribution is 1.98. The summed E-state index contributed by atoms with van der Waals surface area (Å²) in [6.07, 6.45) is 0. The van der Waals surface area contributed by atoms with E-state index in [-0.39, 0.29) is 29.8 Å². The number of carbonyl (C=O) groups is 2. The van der Waals surface area contributed by atoms with Crippen molar-refractivity contribution in [2.24, 2.45) is 10.9 Å². The van der Waals surface area contributed by atoms with Crippen molar-refractivity contribution in [1.29, 1.82) is 0 Å². The van der Waals surface area contributed by atoms with Crippen LogP contribution in [0.1, 0.15) is 34.6 Å². The van der Waals surface area contributed by atoms with Gasteiger partial charge in [-0.1, -0.05) is 13.8 Å². The Hall–Kier alpha value is -1.79. The first-order valence-electron chi connectivity index (χ1n) is 7.57. The summed E-state index contributed by atoms with van der Waals surface area (Å²) < 4.78 is 0. The summed E-state index contributed by atoms with van der Waals surface area (Å²) in [5.74, 6) is 0.548. The van der Waals surface area contributed by atoms with E-state index in [0.717, 1.165) is 0 Å². The summed E-state index contributed by atoms with van der Waals surface area (Å²) in [6.45, 7) is 10.8. The number of rotatable bonds is 6. The minimum absolute atomic E-state index is 0.0229. The first-order valence-corrected chi connectivity index (χ1v) is 7.57. The van der Waals surface area contributed by atoms with Gasteiger partial charge in [-0.15, -0.1) is 0 Å². The first-order chi connectivity index (χ1) is 10.1. The van der Waals surface area contributed by atoms with Gasteiger partial charge in [0.1, 0.15) is 0 Å². The summed E-state index contributed by atoms with van der Waals surface area (Å²) in [7, 11) is 3.46. The third kappa shape index (κ3) is 9.20. The van der Waals surface area contributed by atoms with E-state index >= 15 is 0 Å². The van der Waals surface area contributed by atoms with Gasteiger partial charge in [0.05, 0.1) is 6.54 Å². The number of likely N-dealkylation sites (N-methyl/N-ethyl adjacent to an activating group) is 1. The molecule has 3 N–H and O–H groups in total. The molecular weight excluding hydrogens is 282 g/mol. The third-order valence-electron chi connectivity index (χ3n) is 2.70. The van der Waals surface area contributed by atoms with Crippen molar-refractivity contribution in [2.75, 3.05) is 33.7 Å². The van der Waals surface area contributed by atoms with Crippen molar-refractivity contribution < 1.29 is 9.59 Å². The SMILES string of the molecule is CN=C(NCCNC(=O)C(C)C)N(C)CC(=O)NC(C)(C)C. The highest BCUT2D eigenvalue weighted by molar-refractivity contribution is 5.86. The van der Waals surface area contributed by atoms with Crippen LogP contribution in [0.4, 0.5) is 0 Å². The second-order valence-electron chi connectivity index (χ2n) is 6.57. The van der Waals surface area contributed by atoms with Crippen LogP contribution in [0, 0.1) is 5.92 Å². The van der Waals surface area contributed by atoms with Crippen molar-refractivity contribution >= 4 is 17.8 Å². The molecule has 0 bridgehead atoms. The molecule has 22 heavy (non-hydrogen) atoms. The van der Waals surface area contributed by atoms with E-state index < -0.39 is 0 Å². The summed E-state index contributed by atoms with van der Waals surface area (Å²) in [5.41, 5.74) is -0.254. The maximum Gasteiger partial charge on any atom is 0.240 e. The highest BCUT2D eigenvalue weighted by atomic mass is 16.2. The van der Waals surface area contributed by atoms with Crippen LogP contribution in [0.3, 0.4) is 0 Å². The van der Waals surface area contributed by atoms with Crippen LogP contribution in [0.15, 0.2) is 4.99 Å². The lowest BCUT2D eigenvalue weighted by Crippen LogP contribution is -2.49. The van der Waals surface area contributed by atoms with Gasteiger partial charge >= 0.3 is 0 Å². The van der Waals surface area contributed by atoms with Crippen molar-refractivity contribution in [1.82, 2.24) is 20.9 Å². The van der Waals surface area contributed by atoms with Crippen molar-refractivity contribution in [3.05, 3.63) is 0 Å². The Morgan fingerprint density at radius 1 is 1.14 bits per heavy atom. The van der Waals surface area contributed by atoms with Gasteiger partial charge in [-0.05, 0) is 20.8 Å². The molecule has 7 nitrogen and oxygen atoms in total. The van der Waals surface area contributed by atoms with Crippen LogP contribution in [0.5, 0.6) is 0 Å². The van der Waals surface area contributed by atoms with Crippen LogP contribution in [-0.2, 0) is 9.59 Å². The van der Waals surface area contributed by atoms with Crippen molar-refractivity contribution in [3.8, 4) is 0 Å². The lowest BCUT2D eigenvalue weighted by Gasteiger charge is -2.25. The summed E-state index contributed by atoms with van der Waals surface area (Å²) >= 11 is 0. The van der Waals surface area contributed by atoms with E-state index in [1.165, 1.54) is 0 Å².